The zero-order chi connectivity index (χ0) is 29.3. The normalized spacial score (nSPS) is 18.4. The Kier molecular flexibility index (Phi) is 9.28. The summed E-state index contributed by atoms with van der Waals surface area (Å²) in [6.45, 7) is 14.9. The number of nitrogens with one attached hydrogen (secondary N) is 2. The van der Waals surface area contributed by atoms with Crippen LogP contribution in [0.4, 0.5) is 0 Å². The number of amides is 1. The number of thiazole rings is 1. The molecule has 2 aromatic rings. The van der Waals surface area contributed by atoms with Crippen molar-refractivity contribution < 1.29 is 14.7 Å². The highest BCUT2D eigenvalue weighted by Gasteiger charge is 2.40. The molecule has 1 unspecified atom stereocenters. The Labute approximate surface area is 244 Å². The lowest BCUT2D eigenvalue weighted by molar-refractivity contribution is -0.130. The maximum Gasteiger partial charge on any atom is 0.249 e. The lowest BCUT2D eigenvalue weighted by Crippen LogP contribution is -2.53. The van der Waals surface area contributed by atoms with Crippen LogP contribution in [0.1, 0.15) is 120 Å². The summed E-state index contributed by atoms with van der Waals surface area (Å²) < 4.78 is 0. The second kappa shape index (κ2) is 12.0. The number of Topliss-reactive ketones (excluding diaryl/α,β-unsaturated/α-hetero) is 1. The molecule has 3 N–H and O–H groups in total. The number of hydrogen-bond donors (Lipinski definition) is 3. The molecule has 2 aliphatic carbocycles. The Balaban J connectivity index is 1.60. The van der Waals surface area contributed by atoms with Crippen molar-refractivity contribution in [1.29, 1.82) is 0 Å². The summed E-state index contributed by atoms with van der Waals surface area (Å²) in [5.74, 6) is 0.173. The number of nitrogens with zero attached hydrogens (tertiary/aromatic N) is 1. The van der Waals surface area contributed by atoms with Gasteiger partial charge in [0.2, 0.25) is 11.7 Å². The number of ketones is 1. The molecule has 0 saturated heterocycles. The Bertz CT molecular complexity index is 1190. The van der Waals surface area contributed by atoms with Crippen LogP contribution in [0.2, 0.25) is 0 Å². The van der Waals surface area contributed by atoms with Gasteiger partial charge >= 0.3 is 0 Å². The van der Waals surface area contributed by atoms with Gasteiger partial charge in [-0.25, -0.2) is 4.98 Å². The average molecular weight is 568 g/mol. The largest absolute Gasteiger partial charge is 0.384 e. The first-order chi connectivity index (χ1) is 18.7. The summed E-state index contributed by atoms with van der Waals surface area (Å²) in [6.07, 6.45) is 8.66. The van der Waals surface area contributed by atoms with Gasteiger partial charge in [0.15, 0.2) is 5.01 Å². The van der Waals surface area contributed by atoms with Crippen LogP contribution in [0, 0.1) is 5.92 Å². The molecule has 1 heterocycles. The summed E-state index contributed by atoms with van der Waals surface area (Å²) in [5.41, 5.74) is 4.70. The van der Waals surface area contributed by atoms with Crippen LogP contribution in [0.3, 0.4) is 0 Å². The van der Waals surface area contributed by atoms with E-state index in [1.807, 2.05) is 13.8 Å². The third-order valence-electron chi connectivity index (χ3n) is 8.59. The van der Waals surface area contributed by atoms with Crippen LogP contribution in [-0.4, -0.2) is 46.5 Å². The molecule has 7 heteroatoms. The molecule has 40 heavy (non-hydrogen) atoms. The molecule has 0 radical (unpaired) electrons. The van der Waals surface area contributed by atoms with E-state index < -0.39 is 17.6 Å². The standard InChI is InChI=1S/C33H49N3O3S/c1-21(37)29(39)36-32(5,6)20-34-19-27(38)30-35-26(15-22-11-9-8-10-12-22)28(40-30)23-16-24(31(2,3)4)18-25(17-23)33(7)13-14-33/h16-18,21-22,34,37H,8-15,19-20H2,1-7H3,(H,36,39). The molecule has 4 rings (SSSR count). The van der Waals surface area contributed by atoms with Gasteiger partial charge in [-0.1, -0.05) is 65.9 Å². The van der Waals surface area contributed by atoms with Crippen molar-refractivity contribution in [2.75, 3.05) is 13.1 Å². The van der Waals surface area contributed by atoms with Crippen LogP contribution in [0.25, 0.3) is 10.4 Å². The third kappa shape index (κ3) is 7.80. The molecule has 2 aliphatic rings. The second-order valence-corrected chi connectivity index (χ2v) is 15.2. The quantitative estimate of drug-likeness (QED) is 0.276. The van der Waals surface area contributed by atoms with Crippen molar-refractivity contribution in [3.8, 4) is 10.4 Å². The van der Waals surface area contributed by atoms with Gasteiger partial charge in [0.05, 0.1) is 17.1 Å². The number of carbonyl (C=O) groups excluding carboxylic acids is 2. The van der Waals surface area contributed by atoms with Crippen LogP contribution >= 0.6 is 11.3 Å². The first-order valence-electron chi connectivity index (χ1n) is 15.1. The summed E-state index contributed by atoms with van der Waals surface area (Å²) in [7, 11) is 0. The maximum atomic E-state index is 13.4. The summed E-state index contributed by atoms with van der Waals surface area (Å²) in [6, 6.07) is 7.08. The van der Waals surface area contributed by atoms with Crippen molar-refractivity contribution in [1.82, 2.24) is 15.6 Å². The number of aliphatic hydroxyl groups excluding tert-OH is 1. The number of aromatic nitrogens is 1. The van der Waals surface area contributed by atoms with Crippen LogP contribution in [-0.2, 0) is 22.0 Å². The molecule has 2 saturated carbocycles. The maximum absolute atomic E-state index is 13.4. The molecular formula is C33H49N3O3S. The number of hydrogen-bond acceptors (Lipinski definition) is 6. The summed E-state index contributed by atoms with van der Waals surface area (Å²) in [5, 5.41) is 16.1. The minimum atomic E-state index is -1.07. The zero-order valence-electron chi connectivity index (χ0n) is 25.6. The number of aliphatic hydroxyl groups is 1. The molecule has 6 nitrogen and oxygen atoms in total. The number of carbonyl (C=O) groups is 2. The Hall–Kier alpha value is -2.09. The summed E-state index contributed by atoms with van der Waals surface area (Å²) >= 11 is 1.54. The van der Waals surface area contributed by atoms with Crippen molar-refractivity contribution >= 4 is 23.0 Å². The fourth-order valence-electron chi connectivity index (χ4n) is 5.56. The molecule has 1 aromatic heterocycles. The molecule has 0 bridgehead atoms. The van der Waals surface area contributed by atoms with Gasteiger partial charge in [0, 0.05) is 12.1 Å². The van der Waals surface area contributed by atoms with Crippen LogP contribution in [0.5, 0.6) is 0 Å². The highest BCUT2D eigenvalue weighted by Crippen LogP contribution is 2.50. The van der Waals surface area contributed by atoms with Gasteiger partial charge in [-0.05, 0) is 85.6 Å². The second-order valence-electron chi connectivity index (χ2n) is 14.2. The first kappa shape index (κ1) is 30.9. The fourth-order valence-corrected chi connectivity index (χ4v) is 6.58. The molecular weight excluding hydrogens is 518 g/mol. The monoisotopic (exact) mass is 567 g/mol. The molecule has 1 amide bonds. The third-order valence-corrected chi connectivity index (χ3v) is 9.78. The van der Waals surface area contributed by atoms with E-state index in [4.69, 9.17) is 4.98 Å². The predicted molar refractivity (Wildman–Crippen MR) is 164 cm³/mol. The van der Waals surface area contributed by atoms with E-state index in [1.165, 1.54) is 79.9 Å². The fraction of sp³-hybridized carbons (Fsp3) is 0.667. The van der Waals surface area contributed by atoms with Gasteiger partial charge in [0.25, 0.3) is 0 Å². The molecule has 1 atom stereocenters. The van der Waals surface area contributed by atoms with E-state index in [1.54, 1.807) is 0 Å². The van der Waals surface area contributed by atoms with Crippen molar-refractivity contribution in [3.63, 3.8) is 0 Å². The van der Waals surface area contributed by atoms with E-state index >= 15 is 0 Å². The van der Waals surface area contributed by atoms with Crippen molar-refractivity contribution in [3.05, 3.63) is 40.0 Å². The highest BCUT2D eigenvalue weighted by atomic mass is 32.1. The minimum Gasteiger partial charge on any atom is -0.384 e. The Morgan fingerprint density at radius 1 is 1.10 bits per heavy atom. The SMILES string of the molecule is CC(O)C(=O)NC(C)(C)CNCC(=O)c1nc(CC2CCCCC2)c(-c2cc(C(C)(C)C)cc(C3(C)CC3)c2)s1. The van der Waals surface area contributed by atoms with E-state index in [9.17, 15) is 14.7 Å². The zero-order valence-corrected chi connectivity index (χ0v) is 26.4. The predicted octanol–water partition coefficient (Wildman–Crippen LogP) is 6.33. The molecule has 0 spiro atoms. The first-order valence-corrected chi connectivity index (χ1v) is 15.9. The van der Waals surface area contributed by atoms with Gasteiger partial charge < -0.3 is 15.7 Å². The average Bonchev–Trinajstić information content (AvgIpc) is 3.49. The summed E-state index contributed by atoms with van der Waals surface area (Å²) in [4.78, 5) is 31.4. The lowest BCUT2D eigenvalue weighted by Gasteiger charge is -2.27. The van der Waals surface area contributed by atoms with E-state index in [0.29, 0.717) is 17.5 Å². The number of benzene rings is 1. The van der Waals surface area contributed by atoms with E-state index in [0.717, 1.165) is 17.0 Å². The smallest absolute Gasteiger partial charge is 0.249 e. The van der Waals surface area contributed by atoms with Gasteiger partial charge in [-0.2, -0.15) is 0 Å². The number of rotatable bonds is 11. The molecule has 2 fully saturated rings. The minimum absolute atomic E-state index is 0.0276. The van der Waals surface area contributed by atoms with Gasteiger partial charge in [-0.15, -0.1) is 11.3 Å². The van der Waals surface area contributed by atoms with E-state index in [2.05, 4.69) is 56.5 Å². The Morgan fingerprint density at radius 3 is 2.38 bits per heavy atom. The molecule has 220 valence electrons. The lowest BCUT2D eigenvalue weighted by atomic mass is 9.82. The van der Waals surface area contributed by atoms with Gasteiger partial charge in [-0.3, -0.25) is 9.59 Å². The van der Waals surface area contributed by atoms with Crippen LogP contribution < -0.4 is 10.6 Å². The topological polar surface area (TPSA) is 91.3 Å². The van der Waals surface area contributed by atoms with Crippen LogP contribution in [0.15, 0.2) is 18.2 Å². The van der Waals surface area contributed by atoms with Crippen molar-refractivity contribution in [2.24, 2.45) is 5.92 Å². The molecule has 0 aliphatic heterocycles. The van der Waals surface area contributed by atoms with Crippen molar-refractivity contribution in [2.45, 2.75) is 122 Å². The Morgan fingerprint density at radius 2 is 1.77 bits per heavy atom. The molecule has 1 aromatic carbocycles. The van der Waals surface area contributed by atoms with E-state index in [-0.39, 0.29) is 23.2 Å². The van der Waals surface area contributed by atoms with Gasteiger partial charge in [0.1, 0.15) is 6.10 Å². The highest BCUT2D eigenvalue weighted by molar-refractivity contribution is 7.17.